The number of hydrogen-bond donors (Lipinski definition) is 0. The smallest absolute Gasteiger partial charge is 0.162 e. The predicted octanol–water partition coefficient (Wildman–Crippen LogP) is 2.34. The van der Waals surface area contributed by atoms with E-state index in [9.17, 15) is 8.78 Å². The Morgan fingerprint density at radius 3 is 2.27 bits per heavy atom. The number of hydrogen-bond acceptors (Lipinski definition) is 2. The fraction of sp³-hybridized carbons (Fsp3) is 0.455. The third kappa shape index (κ3) is 2.97. The molecule has 0 amide bonds. The first-order valence-electron chi connectivity index (χ1n) is 4.62. The van der Waals surface area contributed by atoms with Crippen molar-refractivity contribution in [2.45, 2.75) is 5.92 Å². The highest BCUT2D eigenvalue weighted by molar-refractivity contribution is 5.23. The molecule has 0 bridgehead atoms. The van der Waals surface area contributed by atoms with Crippen LogP contribution >= 0.6 is 0 Å². The van der Waals surface area contributed by atoms with Crippen molar-refractivity contribution in [1.29, 1.82) is 0 Å². The van der Waals surface area contributed by atoms with Crippen molar-refractivity contribution >= 4 is 0 Å². The van der Waals surface area contributed by atoms with Gasteiger partial charge < -0.3 is 9.47 Å². The molecule has 0 fully saturated rings. The summed E-state index contributed by atoms with van der Waals surface area (Å²) in [6.45, 7) is 0.600. The van der Waals surface area contributed by atoms with Crippen LogP contribution in [-0.2, 0) is 9.47 Å². The van der Waals surface area contributed by atoms with E-state index in [2.05, 4.69) is 0 Å². The van der Waals surface area contributed by atoms with E-state index in [1.54, 1.807) is 6.07 Å². The second-order valence-electron chi connectivity index (χ2n) is 3.25. The van der Waals surface area contributed by atoms with Crippen LogP contribution < -0.4 is 0 Å². The first-order valence-corrected chi connectivity index (χ1v) is 4.62. The van der Waals surface area contributed by atoms with E-state index in [1.807, 2.05) is 0 Å². The Hall–Kier alpha value is -1.00. The fourth-order valence-corrected chi connectivity index (χ4v) is 1.47. The number of methoxy groups -OCH3 is 2. The van der Waals surface area contributed by atoms with Crippen molar-refractivity contribution in [3.05, 3.63) is 35.4 Å². The summed E-state index contributed by atoms with van der Waals surface area (Å²) >= 11 is 0. The van der Waals surface area contributed by atoms with Crippen molar-refractivity contribution in [3.8, 4) is 0 Å². The third-order valence-corrected chi connectivity index (χ3v) is 2.16. The SMILES string of the molecule is COCC(COC)c1cccc(F)c1F. The predicted molar refractivity (Wildman–Crippen MR) is 52.9 cm³/mol. The number of rotatable bonds is 5. The van der Waals surface area contributed by atoms with Crippen molar-refractivity contribution in [1.82, 2.24) is 0 Å². The Balaban J connectivity index is 2.94. The largest absolute Gasteiger partial charge is 0.384 e. The van der Waals surface area contributed by atoms with Gasteiger partial charge in [0.2, 0.25) is 0 Å². The summed E-state index contributed by atoms with van der Waals surface area (Å²) < 4.78 is 36.2. The Morgan fingerprint density at radius 2 is 1.73 bits per heavy atom. The van der Waals surface area contributed by atoms with Crippen LogP contribution in [0.5, 0.6) is 0 Å². The summed E-state index contributed by atoms with van der Waals surface area (Å²) in [5, 5.41) is 0. The van der Waals surface area contributed by atoms with Crippen LogP contribution in [-0.4, -0.2) is 27.4 Å². The van der Waals surface area contributed by atoms with E-state index in [0.29, 0.717) is 18.8 Å². The van der Waals surface area contributed by atoms with Gasteiger partial charge in [0.1, 0.15) is 0 Å². The summed E-state index contributed by atoms with van der Waals surface area (Å²) in [6.07, 6.45) is 0. The van der Waals surface area contributed by atoms with Crippen LogP contribution in [0.1, 0.15) is 11.5 Å². The first kappa shape index (κ1) is 12.1. The third-order valence-electron chi connectivity index (χ3n) is 2.16. The van der Waals surface area contributed by atoms with Gasteiger partial charge in [-0.25, -0.2) is 8.78 Å². The van der Waals surface area contributed by atoms with Crippen molar-refractivity contribution < 1.29 is 18.3 Å². The molecule has 0 aliphatic carbocycles. The molecule has 0 N–H and O–H groups in total. The minimum absolute atomic E-state index is 0.282. The molecule has 0 atom stereocenters. The van der Waals surface area contributed by atoms with Gasteiger partial charge >= 0.3 is 0 Å². The molecule has 0 heterocycles. The van der Waals surface area contributed by atoms with Crippen LogP contribution in [0, 0.1) is 11.6 Å². The molecule has 84 valence electrons. The maximum absolute atomic E-state index is 13.4. The Labute approximate surface area is 87.8 Å². The summed E-state index contributed by atoms with van der Waals surface area (Å²) in [5.41, 5.74) is 0.290. The molecule has 2 nitrogen and oxygen atoms in total. The Bertz CT molecular complexity index is 309. The molecule has 0 unspecified atom stereocenters. The van der Waals surface area contributed by atoms with E-state index >= 15 is 0 Å². The maximum Gasteiger partial charge on any atom is 0.162 e. The molecule has 4 heteroatoms. The van der Waals surface area contributed by atoms with Crippen LogP contribution in [0.4, 0.5) is 8.78 Å². The van der Waals surface area contributed by atoms with E-state index in [0.717, 1.165) is 6.07 Å². The lowest BCUT2D eigenvalue weighted by atomic mass is 10.00. The zero-order valence-corrected chi connectivity index (χ0v) is 8.80. The standard InChI is InChI=1S/C11H14F2O2/c1-14-6-8(7-15-2)9-4-3-5-10(12)11(9)13/h3-5,8H,6-7H2,1-2H3. The average Bonchev–Trinajstić information content (AvgIpc) is 2.22. The number of benzene rings is 1. The normalized spacial score (nSPS) is 11.0. The number of ether oxygens (including phenoxy) is 2. The van der Waals surface area contributed by atoms with E-state index in [4.69, 9.17) is 9.47 Å². The van der Waals surface area contributed by atoms with Crippen molar-refractivity contribution in [3.63, 3.8) is 0 Å². The zero-order chi connectivity index (χ0) is 11.3. The van der Waals surface area contributed by atoms with Crippen LogP contribution in [0.25, 0.3) is 0 Å². The molecule has 0 aliphatic rings. The second-order valence-corrected chi connectivity index (χ2v) is 3.25. The van der Waals surface area contributed by atoms with Gasteiger partial charge in [-0.15, -0.1) is 0 Å². The average molecular weight is 216 g/mol. The molecule has 1 rings (SSSR count). The molecular weight excluding hydrogens is 202 g/mol. The molecule has 15 heavy (non-hydrogen) atoms. The topological polar surface area (TPSA) is 18.5 Å². The van der Waals surface area contributed by atoms with Crippen molar-refractivity contribution in [2.24, 2.45) is 0 Å². The van der Waals surface area contributed by atoms with E-state index in [1.165, 1.54) is 20.3 Å². The molecule has 0 saturated heterocycles. The molecular formula is C11H14F2O2. The lowest BCUT2D eigenvalue weighted by Crippen LogP contribution is -2.14. The number of halogens is 2. The molecule has 0 aromatic heterocycles. The minimum atomic E-state index is -0.843. The van der Waals surface area contributed by atoms with Gasteiger partial charge in [-0.1, -0.05) is 12.1 Å². The molecule has 0 spiro atoms. The van der Waals surface area contributed by atoms with Gasteiger partial charge in [0, 0.05) is 20.1 Å². The summed E-state index contributed by atoms with van der Waals surface area (Å²) in [7, 11) is 3.03. The molecule has 0 saturated carbocycles. The monoisotopic (exact) mass is 216 g/mol. The van der Waals surface area contributed by atoms with Crippen LogP contribution in [0.15, 0.2) is 18.2 Å². The second kappa shape index (κ2) is 5.78. The molecule has 0 radical (unpaired) electrons. The van der Waals surface area contributed by atoms with Gasteiger partial charge in [-0.2, -0.15) is 0 Å². The van der Waals surface area contributed by atoms with E-state index < -0.39 is 11.6 Å². The maximum atomic E-state index is 13.4. The molecule has 1 aromatic carbocycles. The lowest BCUT2D eigenvalue weighted by molar-refractivity contribution is 0.115. The van der Waals surface area contributed by atoms with Crippen LogP contribution in [0.3, 0.4) is 0 Å². The quantitative estimate of drug-likeness (QED) is 0.752. The van der Waals surface area contributed by atoms with Gasteiger partial charge in [0.15, 0.2) is 11.6 Å². The van der Waals surface area contributed by atoms with Gasteiger partial charge in [-0.05, 0) is 11.6 Å². The Morgan fingerprint density at radius 1 is 1.13 bits per heavy atom. The van der Waals surface area contributed by atoms with Gasteiger partial charge in [-0.3, -0.25) is 0 Å². The first-order chi connectivity index (χ1) is 7.20. The minimum Gasteiger partial charge on any atom is -0.384 e. The molecule has 1 aromatic rings. The highest BCUT2D eigenvalue weighted by Crippen LogP contribution is 2.21. The summed E-state index contributed by atoms with van der Waals surface area (Å²) in [6, 6.07) is 4.11. The summed E-state index contributed by atoms with van der Waals surface area (Å²) in [5.74, 6) is -1.95. The fourth-order valence-electron chi connectivity index (χ4n) is 1.47. The van der Waals surface area contributed by atoms with Gasteiger partial charge in [0.25, 0.3) is 0 Å². The molecule has 0 aliphatic heterocycles. The highest BCUT2D eigenvalue weighted by atomic mass is 19.2. The van der Waals surface area contributed by atoms with E-state index in [-0.39, 0.29) is 5.92 Å². The van der Waals surface area contributed by atoms with Gasteiger partial charge in [0.05, 0.1) is 13.2 Å². The Kier molecular flexibility index (Phi) is 4.65. The highest BCUT2D eigenvalue weighted by Gasteiger charge is 2.17. The lowest BCUT2D eigenvalue weighted by Gasteiger charge is -2.16. The zero-order valence-electron chi connectivity index (χ0n) is 8.80. The van der Waals surface area contributed by atoms with Crippen LogP contribution in [0.2, 0.25) is 0 Å². The summed E-state index contributed by atoms with van der Waals surface area (Å²) in [4.78, 5) is 0. The van der Waals surface area contributed by atoms with Crippen molar-refractivity contribution in [2.75, 3.05) is 27.4 Å².